The summed E-state index contributed by atoms with van der Waals surface area (Å²) in [5, 5.41) is 0. The Balaban J connectivity index is 2.30. The van der Waals surface area contributed by atoms with Crippen LogP contribution in [-0.2, 0) is 4.79 Å². The Bertz CT molecular complexity index is 151. The number of carbonyl (C=O) groups is 1. The van der Waals surface area contributed by atoms with Gasteiger partial charge in [0.25, 0.3) is 0 Å². The zero-order chi connectivity index (χ0) is 8.97. The highest BCUT2D eigenvalue weighted by Gasteiger charge is 2.21. The van der Waals surface area contributed by atoms with Crippen LogP contribution in [0.25, 0.3) is 0 Å². The Morgan fingerprint density at radius 1 is 1.25 bits per heavy atom. The third-order valence-corrected chi connectivity index (χ3v) is 2.50. The maximum absolute atomic E-state index is 11.4. The Hall–Kier alpha value is -0.410. The minimum absolute atomic E-state index is 0.258. The Morgan fingerprint density at radius 3 is 2.33 bits per heavy atom. The van der Waals surface area contributed by atoms with Crippen molar-refractivity contribution in [2.75, 3.05) is 0 Å². The summed E-state index contributed by atoms with van der Waals surface area (Å²) in [5.74, 6) is 0.526. The number of carbonyl (C=O) groups excluding carboxylic acids is 1. The first kappa shape index (κ1) is 9.68. The molecule has 0 bridgehead atoms. The summed E-state index contributed by atoms with van der Waals surface area (Å²) in [6, 6.07) is 0. The van der Waals surface area contributed by atoms with Gasteiger partial charge in [0.1, 0.15) is 5.78 Å². The van der Waals surface area contributed by atoms with Gasteiger partial charge in [-0.05, 0) is 12.8 Å². The second kappa shape index (κ2) is 4.58. The highest BCUT2D eigenvalue weighted by Crippen LogP contribution is 2.25. The third-order valence-electron chi connectivity index (χ3n) is 2.50. The number of ketones is 1. The smallest absolute Gasteiger partial charge is 0.138 e. The van der Waals surface area contributed by atoms with E-state index in [1.807, 2.05) is 0 Å². The van der Waals surface area contributed by atoms with Gasteiger partial charge in [0, 0.05) is 12.3 Å². The summed E-state index contributed by atoms with van der Waals surface area (Å²) >= 11 is 0. The summed E-state index contributed by atoms with van der Waals surface area (Å²) in [6.45, 7) is 0. The topological polar surface area (TPSA) is 69.1 Å². The van der Waals surface area contributed by atoms with Crippen molar-refractivity contribution < 1.29 is 4.79 Å². The minimum atomic E-state index is -0.459. The van der Waals surface area contributed by atoms with E-state index in [0.29, 0.717) is 6.42 Å². The first-order chi connectivity index (χ1) is 5.70. The Labute approximate surface area is 73.5 Å². The van der Waals surface area contributed by atoms with Gasteiger partial charge in [0.15, 0.2) is 0 Å². The molecule has 0 spiro atoms. The van der Waals surface area contributed by atoms with Crippen LogP contribution in [0.3, 0.4) is 0 Å². The molecule has 0 aromatic rings. The molecule has 0 heterocycles. The fraction of sp³-hybridized carbons (Fsp3) is 0.889. The molecule has 0 amide bonds. The summed E-state index contributed by atoms with van der Waals surface area (Å²) in [7, 11) is 0. The fourth-order valence-electron chi connectivity index (χ4n) is 1.82. The molecule has 1 saturated carbocycles. The zero-order valence-electron chi connectivity index (χ0n) is 7.46. The molecule has 1 fully saturated rings. The standard InChI is InChI=1S/C9H18N2O/c10-9(11)6-8(12)7-4-2-1-3-5-7/h7,9H,1-6,10-11H2. The number of nitrogens with two attached hydrogens (primary N) is 2. The molecule has 0 saturated heterocycles. The van der Waals surface area contributed by atoms with Gasteiger partial charge >= 0.3 is 0 Å². The van der Waals surface area contributed by atoms with Crippen LogP contribution in [0.2, 0.25) is 0 Å². The van der Waals surface area contributed by atoms with Gasteiger partial charge < -0.3 is 11.5 Å². The van der Waals surface area contributed by atoms with Crippen molar-refractivity contribution in [3.05, 3.63) is 0 Å². The van der Waals surface area contributed by atoms with E-state index in [-0.39, 0.29) is 11.7 Å². The molecule has 0 aromatic carbocycles. The SMILES string of the molecule is NC(N)CC(=O)C1CCCCC1. The van der Waals surface area contributed by atoms with E-state index < -0.39 is 6.17 Å². The van der Waals surface area contributed by atoms with E-state index in [2.05, 4.69) is 0 Å². The molecule has 0 aliphatic heterocycles. The maximum Gasteiger partial charge on any atom is 0.138 e. The van der Waals surface area contributed by atoms with Crippen LogP contribution in [0.5, 0.6) is 0 Å². The van der Waals surface area contributed by atoms with Crippen molar-refractivity contribution in [1.82, 2.24) is 0 Å². The van der Waals surface area contributed by atoms with Crippen molar-refractivity contribution in [3.63, 3.8) is 0 Å². The summed E-state index contributed by atoms with van der Waals surface area (Å²) in [5.41, 5.74) is 10.7. The van der Waals surface area contributed by atoms with Gasteiger partial charge in [0.05, 0.1) is 6.17 Å². The predicted molar refractivity (Wildman–Crippen MR) is 48.4 cm³/mol. The van der Waals surface area contributed by atoms with E-state index in [9.17, 15) is 4.79 Å². The highest BCUT2D eigenvalue weighted by atomic mass is 16.1. The molecule has 1 aliphatic rings. The van der Waals surface area contributed by atoms with Crippen LogP contribution in [0.15, 0.2) is 0 Å². The van der Waals surface area contributed by atoms with Crippen molar-refractivity contribution in [3.8, 4) is 0 Å². The van der Waals surface area contributed by atoms with Gasteiger partial charge in [-0.3, -0.25) is 4.79 Å². The molecule has 0 aromatic heterocycles. The van der Waals surface area contributed by atoms with Crippen LogP contribution in [-0.4, -0.2) is 11.9 Å². The molecule has 70 valence electrons. The van der Waals surface area contributed by atoms with Crippen LogP contribution >= 0.6 is 0 Å². The molecule has 4 N–H and O–H groups in total. The Kier molecular flexibility index (Phi) is 3.69. The summed E-state index contributed by atoms with van der Waals surface area (Å²) in [6.07, 6.45) is 5.64. The lowest BCUT2D eigenvalue weighted by molar-refractivity contribution is -0.124. The molecular weight excluding hydrogens is 152 g/mol. The lowest BCUT2D eigenvalue weighted by Gasteiger charge is -2.20. The molecule has 12 heavy (non-hydrogen) atoms. The minimum Gasteiger partial charge on any atom is -0.316 e. The maximum atomic E-state index is 11.4. The van der Waals surface area contributed by atoms with Crippen molar-refractivity contribution in [2.24, 2.45) is 17.4 Å². The average Bonchev–Trinajstić information content (AvgIpc) is 2.05. The molecule has 0 atom stereocenters. The van der Waals surface area contributed by atoms with Crippen LogP contribution in [0.4, 0.5) is 0 Å². The van der Waals surface area contributed by atoms with E-state index in [0.717, 1.165) is 12.8 Å². The third kappa shape index (κ3) is 2.91. The van der Waals surface area contributed by atoms with E-state index in [1.165, 1.54) is 19.3 Å². The lowest BCUT2D eigenvalue weighted by Crippen LogP contribution is -2.35. The van der Waals surface area contributed by atoms with Gasteiger partial charge in [0.2, 0.25) is 0 Å². The quantitative estimate of drug-likeness (QED) is 0.615. The largest absolute Gasteiger partial charge is 0.316 e. The second-order valence-corrected chi connectivity index (χ2v) is 3.67. The predicted octanol–water partition coefficient (Wildman–Crippen LogP) is 0.769. The number of Topliss-reactive ketones (excluding diaryl/α,β-unsaturated/α-hetero) is 1. The van der Waals surface area contributed by atoms with E-state index in [4.69, 9.17) is 11.5 Å². The van der Waals surface area contributed by atoms with Crippen LogP contribution in [0, 0.1) is 5.92 Å². The first-order valence-electron chi connectivity index (χ1n) is 4.74. The van der Waals surface area contributed by atoms with Gasteiger partial charge in [-0.15, -0.1) is 0 Å². The molecule has 0 radical (unpaired) electrons. The van der Waals surface area contributed by atoms with E-state index in [1.54, 1.807) is 0 Å². The first-order valence-corrected chi connectivity index (χ1v) is 4.74. The van der Waals surface area contributed by atoms with Crippen LogP contribution < -0.4 is 11.5 Å². The molecule has 0 unspecified atom stereocenters. The summed E-state index contributed by atoms with van der Waals surface area (Å²) < 4.78 is 0. The molecular formula is C9H18N2O. The highest BCUT2D eigenvalue weighted by molar-refractivity contribution is 5.81. The normalized spacial score (nSPS) is 19.9. The average molecular weight is 170 g/mol. The van der Waals surface area contributed by atoms with Crippen molar-refractivity contribution in [2.45, 2.75) is 44.7 Å². The molecule has 3 nitrogen and oxygen atoms in total. The molecule has 1 aliphatic carbocycles. The number of hydrogen-bond acceptors (Lipinski definition) is 3. The van der Waals surface area contributed by atoms with Crippen molar-refractivity contribution >= 4 is 5.78 Å². The van der Waals surface area contributed by atoms with E-state index >= 15 is 0 Å². The van der Waals surface area contributed by atoms with Gasteiger partial charge in [-0.25, -0.2) is 0 Å². The second-order valence-electron chi connectivity index (χ2n) is 3.67. The van der Waals surface area contributed by atoms with Crippen LogP contribution in [0.1, 0.15) is 38.5 Å². The van der Waals surface area contributed by atoms with Crippen molar-refractivity contribution in [1.29, 1.82) is 0 Å². The zero-order valence-corrected chi connectivity index (χ0v) is 7.46. The van der Waals surface area contributed by atoms with Gasteiger partial charge in [-0.1, -0.05) is 19.3 Å². The lowest BCUT2D eigenvalue weighted by atomic mass is 9.85. The van der Waals surface area contributed by atoms with Gasteiger partial charge in [-0.2, -0.15) is 0 Å². The Morgan fingerprint density at radius 2 is 1.83 bits per heavy atom. The monoisotopic (exact) mass is 170 g/mol. The molecule has 1 rings (SSSR count). The fourth-order valence-corrected chi connectivity index (χ4v) is 1.82. The summed E-state index contributed by atoms with van der Waals surface area (Å²) in [4.78, 5) is 11.4. The number of rotatable bonds is 3. The number of hydrogen-bond donors (Lipinski definition) is 2. The molecule has 3 heteroatoms.